The van der Waals surface area contributed by atoms with Crippen LogP contribution in [0, 0.1) is 5.82 Å². The van der Waals surface area contributed by atoms with Gasteiger partial charge in [-0.3, -0.25) is 14.3 Å². The number of nitrogens with zero attached hydrogens (tertiary/aromatic N) is 1. The molecule has 0 saturated heterocycles. The predicted octanol–water partition coefficient (Wildman–Crippen LogP) is 4.64. The summed E-state index contributed by atoms with van der Waals surface area (Å²) in [4.78, 5) is 28.9. The number of anilines is 1. The fourth-order valence-electron chi connectivity index (χ4n) is 4.35. The second kappa shape index (κ2) is 10.7. The average Bonchev–Trinajstić information content (AvgIpc) is 3.39. The van der Waals surface area contributed by atoms with Crippen LogP contribution in [-0.4, -0.2) is 43.0 Å². The van der Waals surface area contributed by atoms with Crippen LogP contribution in [0.3, 0.4) is 0 Å². The Hall–Kier alpha value is -3.73. The van der Waals surface area contributed by atoms with E-state index in [4.69, 9.17) is 4.42 Å². The van der Waals surface area contributed by atoms with Crippen LogP contribution in [0.15, 0.2) is 46.1 Å². The molecule has 3 N–H and O–H groups in total. The molecular weight excluding hydrogens is 501 g/mol. The Balaban J connectivity index is 1.59. The van der Waals surface area contributed by atoms with Crippen molar-refractivity contribution >= 4 is 38.6 Å². The van der Waals surface area contributed by atoms with Gasteiger partial charge in [0.1, 0.15) is 17.4 Å². The van der Waals surface area contributed by atoms with Crippen molar-refractivity contribution in [3.05, 3.63) is 58.6 Å². The molecule has 0 fully saturated rings. The molecule has 2 heterocycles. The normalized spacial score (nSPS) is 14.0. The third-order valence-electron chi connectivity index (χ3n) is 6.32. The Labute approximate surface area is 213 Å². The quantitative estimate of drug-likeness (QED) is 0.325. The van der Waals surface area contributed by atoms with Crippen molar-refractivity contribution in [1.82, 2.24) is 10.3 Å². The molecule has 0 unspecified atom stereocenters. The largest absolute Gasteiger partial charge is 0.512 e. The van der Waals surface area contributed by atoms with Crippen molar-refractivity contribution < 1.29 is 31.9 Å². The van der Waals surface area contributed by atoms with Gasteiger partial charge in [0.25, 0.3) is 5.91 Å². The van der Waals surface area contributed by atoms with Gasteiger partial charge >= 0.3 is 0 Å². The van der Waals surface area contributed by atoms with Gasteiger partial charge in [0.2, 0.25) is 15.7 Å². The number of rotatable bonds is 10. The molecule has 1 aromatic carbocycles. The van der Waals surface area contributed by atoms with Crippen LogP contribution < -0.4 is 10.0 Å². The summed E-state index contributed by atoms with van der Waals surface area (Å²) in [6, 6.07) is 7.14. The zero-order valence-electron chi connectivity index (χ0n) is 20.6. The lowest BCUT2D eigenvalue weighted by molar-refractivity contribution is -0.115. The standard InChI is InChI=1S/C26H28FN3O6S/c1-3-15-14-19-22(25(33)28-2)23(16-7-9-17(27)10-8-16)36-26(19)29-24(15)30-37(34,35)13-5-4-6-18-20(31)11-12-21(18)32/h7-10,14,31H,3-6,11-13H2,1-2H3,(H,28,33)(H,29,30). The molecule has 0 saturated carbocycles. The fourth-order valence-corrected chi connectivity index (χ4v) is 5.51. The van der Waals surface area contributed by atoms with Gasteiger partial charge in [0.15, 0.2) is 5.78 Å². The number of carbonyl (C=O) groups excluding carboxylic acids is 2. The van der Waals surface area contributed by atoms with E-state index in [0.29, 0.717) is 60.6 Å². The van der Waals surface area contributed by atoms with Crippen LogP contribution in [-0.2, 0) is 21.2 Å². The Morgan fingerprint density at radius 3 is 2.54 bits per heavy atom. The van der Waals surface area contributed by atoms with Gasteiger partial charge in [-0.05, 0) is 61.6 Å². The molecule has 1 amide bonds. The monoisotopic (exact) mass is 529 g/mol. The third kappa shape index (κ3) is 5.66. The topological polar surface area (TPSA) is 139 Å². The highest BCUT2D eigenvalue weighted by Crippen LogP contribution is 2.35. The summed E-state index contributed by atoms with van der Waals surface area (Å²) in [5.41, 5.74) is 1.72. The minimum absolute atomic E-state index is 0.0648. The molecule has 4 rings (SSSR count). The number of aromatic nitrogens is 1. The van der Waals surface area contributed by atoms with Crippen LogP contribution in [0.1, 0.15) is 54.9 Å². The number of pyridine rings is 1. The van der Waals surface area contributed by atoms with Crippen molar-refractivity contribution in [2.45, 2.75) is 45.4 Å². The van der Waals surface area contributed by atoms with Crippen molar-refractivity contribution in [3.8, 4) is 11.3 Å². The van der Waals surface area contributed by atoms with E-state index in [1.165, 1.54) is 31.3 Å². The van der Waals surface area contributed by atoms with E-state index in [9.17, 15) is 27.5 Å². The Kier molecular flexibility index (Phi) is 7.63. The van der Waals surface area contributed by atoms with E-state index < -0.39 is 21.7 Å². The average molecular weight is 530 g/mol. The number of hydrogen-bond donors (Lipinski definition) is 3. The molecule has 1 aliphatic carbocycles. The lowest BCUT2D eigenvalue weighted by Gasteiger charge is -2.11. The molecule has 0 bridgehead atoms. The number of sulfonamides is 1. The van der Waals surface area contributed by atoms with Crippen molar-refractivity contribution in [3.63, 3.8) is 0 Å². The number of unbranched alkanes of at least 4 members (excludes halogenated alkanes) is 1. The first kappa shape index (κ1) is 26.3. The number of aryl methyl sites for hydroxylation is 1. The Morgan fingerprint density at radius 2 is 1.92 bits per heavy atom. The highest BCUT2D eigenvalue weighted by Gasteiger charge is 2.25. The Morgan fingerprint density at radius 1 is 1.19 bits per heavy atom. The summed E-state index contributed by atoms with van der Waals surface area (Å²) >= 11 is 0. The van der Waals surface area contributed by atoms with Gasteiger partial charge in [-0.25, -0.2) is 12.8 Å². The number of aliphatic hydroxyl groups is 1. The second-order valence-corrected chi connectivity index (χ2v) is 10.7. The summed E-state index contributed by atoms with van der Waals surface area (Å²) in [6.45, 7) is 1.83. The van der Waals surface area contributed by atoms with Crippen molar-refractivity contribution in [2.75, 3.05) is 17.5 Å². The number of hydrogen-bond acceptors (Lipinski definition) is 7. The van der Waals surface area contributed by atoms with Gasteiger partial charge < -0.3 is 14.8 Å². The van der Waals surface area contributed by atoms with E-state index in [1.54, 1.807) is 6.07 Å². The first-order valence-electron chi connectivity index (χ1n) is 12.0. The molecular formula is C26H28FN3O6S. The molecule has 1 aliphatic rings. The number of Topliss-reactive ketones (excluding diaryl/α,β-unsaturated/α-hetero) is 1. The van der Waals surface area contributed by atoms with E-state index >= 15 is 0 Å². The molecule has 37 heavy (non-hydrogen) atoms. The van der Waals surface area contributed by atoms with Crippen LogP contribution in [0.4, 0.5) is 10.2 Å². The number of nitrogens with one attached hydrogen (secondary N) is 2. The third-order valence-corrected chi connectivity index (χ3v) is 7.65. The van der Waals surface area contributed by atoms with Crippen molar-refractivity contribution in [1.29, 1.82) is 0 Å². The lowest BCUT2D eigenvalue weighted by Crippen LogP contribution is -2.19. The zero-order valence-corrected chi connectivity index (χ0v) is 21.4. The number of ketones is 1. The number of fused-ring (bicyclic) bond motifs is 1. The predicted molar refractivity (Wildman–Crippen MR) is 137 cm³/mol. The summed E-state index contributed by atoms with van der Waals surface area (Å²) in [5.74, 6) is -0.735. The SMILES string of the molecule is CCc1cc2c(C(=O)NC)c(-c3ccc(F)cc3)oc2nc1NS(=O)(=O)CCCCC1=C(O)CCC1=O. The van der Waals surface area contributed by atoms with Crippen LogP contribution >= 0.6 is 0 Å². The van der Waals surface area contributed by atoms with Gasteiger partial charge in [-0.15, -0.1) is 0 Å². The number of amides is 1. The Bertz CT molecular complexity index is 1490. The molecule has 196 valence electrons. The van der Waals surface area contributed by atoms with Crippen LogP contribution in [0.5, 0.6) is 0 Å². The maximum atomic E-state index is 13.4. The van der Waals surface area contributed by atoms with Gasteiger partial charge in [-0.1, -0.05) is 6.92 Å². The molecule has 0 atom stereocenters. The molecule has 3 aromatic rings. The van der Waals surface area contributed by atoms with Crippen molar-refractivity contribution in [2.24, 2.45) is 0 Å². The number of allylic oxidation sites excluding steroid dienone is 2. The molecule has 0 radical (unpaired) electrons. The first-order valence-corrected chi connectivity index (χ1v) is 13.7. The lowest BCUT2D eigenvalue weighted by atomic mass is 10.0. The summed E-state index contributed by atoms with van der Waals surface area (Å²) in [7, 11) is -2.30. The highest BCUT2D eigenvalue weighted by molar-refractivity contribution is 7.92. The number of halogens is 1. The van der Waals surface area contributed by atoms with Gasteiger partial charge in [0, 0.05) is 31.0 Å². The first-order chi connectivity index (χ1) is 17.6. The van der Waals surface area contributed by atoms with Crippen LogP contribution in [0.2, 0.25) is 0 Å². The fraction of sp³-hybridized carbons (Fsp3) is 0.346. The maximum absolute atomic E-state index is 13.4. The smallest absolute Gasteiger partial charge is 0.255 e. The van der Waals surface area contributed by atoms with Crippen LogP contribution in [0.25, 0.3) is 22.4 Å². The van der Waals surface area contributed by atoms with E-state index in [0.717, 1.165) is 0 Å². The number of carbonyl (C=O) groups is 2. The number of furan rings is 1. The maximum Gasteiger partial charge on any atom is 0.255 e. The van der Waals surface area contributed by atoms with E-state index in [1.807, 2.05) is 6.92 Å². The molecule has 0 spiro atoms. The minimum Gasteiger partial charge on any atom is -0.512 e. The van der Waals surface area contributed by atoms with Gasteiger partial charge in [-0.2, -0.15) is 4.98 Å². The minimum atomic E-state index is -3.78. The zero-order chi connectivity index (χ0) is 26.7. The van der Waals surface area contributed by atoms with E-state index in [-0.39, 0.29) is 40.2 Å². The molecule has 2 aromatic heterocycles. The highest BCUT2D eigenvalue weighted by atomic mass is 32.2. The number of aliphatic hydroxyl groups excluding tert-OH is 1. The molecule has 11 heteroatoms. The second-order valence-electron chi connectivity index (χ2n) is 8.82. The molecule has 0 aliphatic heterocycles. The number of benzene rings is 1. The summed E-state index contributed by atoms with van der Waals surface area (Å²) in [5, 5.41) is 12.8. The summed E-state index contributed by atoms with van der Waals surface area (Å²) < 4.78 is 47.5. The summed E-state index contributed by atoms with van der Waals surface area (Å²) in [6.07, 6.45) is 2.14. The molecule has 9 nitrogen and oxygen atoms in total. The van der Waals surface area contributed by atoms with Gasteiger partial charge in [0.05, 0.1) is 22.5 Å². The van der Waals surface area contributed by atoms with E-state index in [2.05, 4.69) is 15.0 Å².